The van der Waals surface area contributed by atoms with Gasteiger partial charge in [-0.15, -0.1) is 6.58 Å². The van der Waals surface area contributed by atoms with Crippen LogP contribution in [-0.2, 0) is 5.41 Å². The lowest BCUT2D eigenvalue weighted by Gasteiger charge is -2.19. The standard InChI is InChI=1S/C12H18Si/c1-9(13)10-5-7-11(8-6-10)12(2,3)4/h5-8H,1H2,2-4,13H3. The molecule has 0 radical (unpaired) electrons. The summed E-state index contributed by atoms with van der Waals surface area (Å²) in [6.45, 7) is 10.7. The van der Waals surface area contributed by atoms with Crippen molar-refractivity contribution in [2.24, 2.45) is 0 Å². The molecule has 0 atom stereocenters. The predicted molar refractivity (Wildman–Crippen MR) is 64.1 cm³/mol. The lowest BCUT2D eigenvalue weighted by Crippen LogP contribution is -2.10. The summed E-state index contributed by atoms with van der Waals surface area (Å²) in [5.74, 6) is 0. The molecule has 0 nitrogen and oxygen atoms in total. The average Bonchev–Trinajstić information content (AvgIpc) is 2.03. The molecule has 1 heteroatoms. The van der Waals surface area contributed by atoms with E-state index in [1.54, 1.807) is 0 Å². The van der Waals surface area contributed by atoms with Gasteiger partial charge in [-0.3, -0.25) is 0 Å². The lowest BCUT2D eigenvalue weighted by molar-refractivity contribution is 0.590. The summed E-state index contributed by atoms with van der Waals surface area (Å²) in [7, 11) is 1.05. The van der Waals surface area contributed by atoms with E-state index in [0.717, 1.165) is 10.2 Å². The Morgan fingerprint density at radius 3 is 1.92 bits per heavy atom. The van der Waals surface area contributed by atoms with Crippen LogP contribution in [0.5, 0.6) is 0 Å². The maximum Gasteiger partial charge on any atom is 0.0385 e. The average molecular weight is 190 g/mol. The molecule has 1 aromatic carbocycles. The molecule has 0 N–H and O–H groups in total. The van der Waals surface area contributed by atoms with Gasteiger partial charge in [-0.05, 0) is 16.5 Å². The highest BCUT2D eigenvalue weighted by atomic mass is 28.1. The van der Waals surface area contributed by atoms with Crippen LogP contribution in [0.2, 0.25) is 0 Å². The van der Waals surface area contributed by atoms with E-state index in [9.17, 15) is 0 Å². The molecule has 0 unspecified atom stereocenters. The van der Waals surface area contributed by atoms with Gasteiger partial charge >= 0.3 is 0 Å². The van der Waals surface area contributed by atoms with Gasteiger partial charge in [0.1, 0.15) is 0 Å². The van der Waals surface area contributed by atoms with Crippen molar-refractivity contribution in [1.82, 2.24) is 0 Å². The largest absolute Gasteiger partial charge is 0.100 e. The van der Waals surface area contributed by atoms with Crippen LogP contribution in [0.4, 0.5) is 0 Å². The van der Waals surface area contributed by atoms with Crippen LogP contribution in [0.15, 0.2) is 30.8 Å². The van der Waals surface area contributed by atoms with Crippen molar-refractivity contribution in [3.8, 4) is 0 Å². The highest BCUT2D eigenvalue weighted by Gasteiger charge is 2.12. The quantitative estimate of drug-likeness (QED) is 0.596. The highest BCUT2D eigenvalue weighted by Crippen LogP contribution is 2.23. The molecule has 0 aliphatic rings. The van der Waals surface area contributed by atoms with E-state index in [0.29, 0.717) is 0 Å². The van der Waals surface area contributed by atoms with Crippen LogP contribution in [-0.4, -0.2) is 10.2 Å². The van der Waals surface area contributed by atoms with Crippen molar-refractivity contribution in [3.63, 3.8) is 0 Å². The molecule has 1 aromatic rings. The normalized spacial score (nSPS) is 11.6. The highest BCUT2D eigenvalue weighted by molar-refractivity contribution is 6.41. The summed E-state index contributed by atoms with van der Waals surface area (Å²) in [6, 6.07) is 8.77. The fourth-order valence-corrected chi connectivity index (χ4v) is 1.59. The number of benzene rings is 1. The van der Waals surface area contributed by atoms with Crippen LogP contribution in [0, 0.1) is 0 Å². The third-order valence-corrected chi connectivity index (χ3v) is 2.82. The van der Waals surface area contributed by atoms with Crippen molar-refractivity contribution in [3.05, 3.63) is 42.0 Å². The first-order valence-electron chi connectivity index (χ1n) is 4.67. The second-order valence-corrected chi connectivity index (χ2v) is 5.81. The Morgan fingerprint density at radius 2 is 1.62 bits per heavy atom. The van der Waals surface area contributed by atoms with Gasteiger partial charge in [0.25, 0.3) is 0 Å². The smallest absolute Gasteiger partial charge is 0.0385 e. The molecule has 0 bridgehead atoms. The van der Waals surface area contributed by atoms with E-state index >= 15 is 0 Å². The Bertz CT molecular complexity index is 301. The van der Waals surface area contributed by atoms with E-state index < -0.39 is 0 Å². The van der Waals surface area contributed by atoms with Crippen molar-refractivity contribution in [2.75, 3.05) is 0 Å². The van der Waals surface area contributed by atoms with Gasteiger partial charge in [-0.1, -0.05) is 50.2 Å². The lowest BCUT2D eigenvalue weighted by atomic mass is 9.87. The Morgan fingerprint density at radius 1 is 1.15 bits per heavy atom. The molecule has 0 saturated carbocycles. The Kier molecular flexibility index (Phi) is 2.76. The third-order valence-electron chi connectivity index (χ3n) is 2.24. The van der Waals surface area contributed by atoms with Crippen LogP contribution in [0.1, 0.15) is 31.9 Å². The fourth-order valence-electron chi connectivity index (χ4n) is 1.25. The first kappa shape index (κ1) is 10.3. The second kappa shape index (κ2) is 3.50. The summed E-state index contributed by atoms with van der Waals surface area (Å²) < 4.78 is 0. The van der Waals surface area contributed by atoms with E-state index in [1.165, 1.54) is 16.3 Å². The van der Waals surface area contributed by atoms with Gasteiger partial charge in [-0.2, -0.15) is 0 Å². The Balaban J connectivity index is 3.01. The summed E-state index contributed by atoms with van der Waals surface area (Å²) in [4.78, 5) is 0. The minimum absolute atomic E-state index is 0.255. The zero-order chi connectivity index (χ0) is 10.1. The van der Waals surface area contributed by atoms with E-state index in [2.05, 4.69) is 51.6 Å². The first-order valence-corrected chi connectivity index (χ1v) is 5.67. The Hall–Kier alpha value is -0.823. The van der Waals surface area contributed by atoms with Crippen LogP contribution in [0.25, 0.3) is 5.20 Å². The van der Waals surface area contributed by atoms with Gasteiger partial charge in [-0.25, -0.2) is 0 Å². The first-order chi connectivity index (χ1) is 5.91. The van der Waals surface area contributed by atoms with Crippen molar-refractivity contribution in [1.29, 1.82) is 0 Å². The van der Waals surface area contributed by atoms with Crippen LogP contribution in [0.3, 0.4) is 0 Å². The number of rotatable bonds is 1. The zero-order valence-electron chi connectivity index (χ0n) is 9.02. The zero-order valence-corrected chi connectivity index (χ0v) is 11.0. The molecule has 0 saturated heterocycles. The van der Waals surface area contributed by atoms with E-state index in [-0.39, 0.29) is 5.41 Å². The van der Waals surface area contributed by atoms with E-state index in [1.807, 2.05) is 0 Å². The topological polar surface area (TPSA) is 0 Å². The van der Waals surface area contributed by atoms with Gasteiger partial charge in [0, 0.05) is 10.2 Å². The molecule has 0 fully saturated rings. The summed E-state index contributed by atoms with van der Waals surface area (Å²) in [5.41, 5.74) is 2.93. The molecule has 0 aliphatic heterocycles. The molecule has 13 heavy (non-hydrogen) atoms. The minimum Gasteiger partial charge on any atom is -0.100 e. The van der Waals surface area contributed by atoms with E-state index in [4.69, 9.17) is 0 Å². The third kappa shape index (κ3) is 2.56. The van der Waals surface area contributed by atoms with Gasteiger partial charge in [0.2, 0.25) is 0 Å². The number of hydrogen-bond donors (Lipinski definition) is 0. The molecule has 0 heterocycles. The monoisotopic (exact) mass is 190 g/mol. The molecular formula is C12H18Si. The number of hydrogen-bond acceptors (Lipinski definition) is 0. The molecule has 1 rings (SSSR count). The van der Waals surface area contributed by atoms with Gasteiger partial charge in [0.05, 0.1) is 0 Å². The molecule has 0 spiro atoms. The molecular weight excluding hydrogens is 172 g/mol. The summed E-state index contributed by atoms with van der Waals surface area (Å²) in [6.07, 6.45) is 0. The van der Waals surface area contributed by atoms with Crippen molar-refractivity contribution >= 4 is 15.4 Å². The summed E-state index contributed by atoms with van der Waals surface area (Å²) >= 11 is 0. The molecule has 0 aromatic heterocycles. The van der Waals surface area contributed by atoms with Gasteiger partial charge < -0.3 is 0 Å². The Labute approximate surface area is 84.1 Å². The maximum absolute atomic E-state index is 3.98. The predicted octanol–water partition coefficient (Wildman–Crippen LogP) is 2.32. The van der Waals surface area contributed by atoms with Crippen molar-refractivity contribution in [2.45, 2.75) is 26.2 Å². The second-order valence-electron chi connectivity index (χ2n) is 4.61. The molecule has 0 aliphatic carbocycles. The minimum atomic E-state index is 0.255. The summed E-state index contributed by atoms with van der Waals surface area (Å²) in [5, 5.41) is 1.26. The fraction of sp³-hybridized carbons (Fsp3) is 0.333. The van der Waals surface area contributed by atoms with Crippen LogP contribution >= 0.6 is 0 Å². The SMILES string of the molecule is C=C([SiH3])c1ccc(C(C)(C)C)cc1. The van der Waals surface area contributed by atoms with Crippen LogP contribution < -0.4 is 0 Å². The van der Waals surface area contributed by atoms with Gasteiger partial charge in [0.15, 0.2) is 0 Å². The molecule has 0 amide bonds. The molecule has 70 valence electrons. The maximum atomic E-state index is 3.98. The van der Waals surface area contributed by atoms with Crippen molar-refractivity contribution < 1.29 is 0 Å².